The zero-order valence-electron chi connectivity index (χ0n) is 14.4. The normalized spacial score (nSPS) is 14.5. The lowest BCUT2D eigenvalue weighted by Crippen LogP contribution is -2.12. The van der Waals surface area contributed by atoms with Gasteiger partial charge in [-0.05, 0) is 30.9 Å². The van der Waals surface area contributed by atoms with Crippen molar-refractivity contribution in [2.45, 2.75) is 32.1 Å². The molecule has 6 nitrogen and oxygen atoms in total. The minimum Gasteiger partial charge on any atom is -0.408 e. The average molecular weight is 348 g/mol. The maximum absolute atomic E-state index is 12.3. The number of hydrogen-bond acceptors (Lipinski definition) is 5. The standard InChI is InChI=1S/C20H20N4O2/c25-19(16-10-11-17(21-13-16)15-8-2-1-3-9-15)22-20-24-23-18(26-20)12-14-6-4-5-7-14/h1-3,8-11,13-14H,4-7,12H2,(H,22,24,25). The van der Waals surface area contributed by atoms with Gasteiger partial charge in [0, 0.05) is 18.2 Å². The third-order valence-electron chi connectivity index (χ3n) is 4.72. The molecule has 1 aromatic carbocycles. The van der Waals surface area contributed by atoms with Crippen molar-refractivity contribution in [2.24, 2.45) is 5.92 Å². The van der Waals surface area contributed by atoms with Crippen molar-refractivity contribution in [1.29, 1.82) is 0 Å². The number of nitrogens with zero attached hydrogens (tertiary/aromatic N) is 3. The van der Waals surface area contributed by atoms with Gasteiger partial charge in [-0.3, -0.25) is 15.1 Å². The molecule has 6 heteroatoms. The van der Waals surface area contributed by atoms with E-state index in [9.17, 15) is 4.79 Å². The lowest BCUT2D eigenvalue weighted by Gasteiger charge is -2.04. The summed E-state index contributed by atoms with van der Waals surface area (Å²) in [6.07, 6.45) is 7.30. The van der Waals surface area contributed by atoms with Crippen LogP contribution in [0.4, 0.5) is 6.01 Å². The van der Waals surface area contributed by atoms with Gasteiger partial charge in [-0.25, -0.2) is 0 Å². The second-order valence-corrected chi connectivity index (χ2v) is 6.61. The molecule has 0 saturated heterocycles. The minimum absolute atomic E-state index is 0.134. The molecule has 3 aromatic rings. The largest absolute Gasteiger partial charge is 0.408 e. The molecular weight excluding hydrogens is 328 g/mol. The fourth-order valence-corrected chi connectivity index (χ4v) is 3.33. The molecule has 0 atom stereocenters. The zero-order valence-corrected chi connectivity index (χ0v) is 14.4. The van der Waals surface area contributed by atoms with Gasteiger partial charge in [-0.2, -0.15) is 0 Å². The van der Waals surface area contributed by atoms with Crippen molar-refractivity contribution in [3.63, 3.8) is 0 Å². The van der Waals surface area contributed by atoms with Crippen LogP contribution in [0.1, 0.15) is 41.9 Å². The number of benzene rings is 1. The molecule has 0 aliphatic heterocycles. The van der Waals surface area contributed by atoms with Crippen LogP contribution in [0.5, 0.6) is 0 Å². The van der Waals surface area contributed by atoms with Gasteiger partial charge >= 0.3 is 6.01 Å². The topological polar surface area (TPSA) is 80.9 Å². The molecule has 26 heavy (non-hydrogen) atoms. The van der Waals surface area contributed by atoms with Crippen LogP contribution in [-0.4, -0.2) is 21.1 Å². The van der Waals surface area contributed by atoms with Crippen molar-refractivity contribution in [3.05, 3.63) is 60.1 Å². The molecule has 1 aliphatic carbocycles. The predicted octanol–water partition coefficient (Wildman–Crippen LogP) is 4.12. The first-order valence-corrected chi connectivity index (χ1v) is 8.93. The van der Waals surface area contributed by atoms with E-state index in [0.717, 1.165) is 17.7 Å². The summed E-state index contributed by atoms with van der Waals surface area (Å²) < 4.78 is 5.56. The molecule has 0 bridgehead atoms. The summed E-state index contributed by atoms with van der Waals surface area (Å²) in [5, 5.41) is 10.6. The number of nitrogens with one attached hydrogen (secondary N) is 1. The molecule has 1 N–H and O–H groups in total. The van der Waals surface area contributed by atoms with E-state index in [1.165, 1.54) is 25.7 Å². The van der Waals surface area contributed by atoms with Crippen molar-refractivity contribution < 1.29 is 9.21 Å². The molecule has 132 valence electrons. The molecule has 1 aliphatic rings. The van der Waals surface area contributed by atoms with Gasteiger partial charge in [0.15, 0.2) is 0 Å². The third-order valence-corrected chi connectivity index (χ3v) is 4.72. The number of anilines is 1. The number of aromatic nitrogens is 3. The summed E-state index contributed by atoms with van der Waals surface area (Å²) in [5.41, 5.74) is 2.27. The number of carbonyl (C=O) groups is 1. The van der Waals surface area contributed by atoms with Gasteiger partial charge in [-0.15, -0.1) is 5.10 Å². The number of hydrogen-bond donors (Lipinski definition) is 1. The van der Waals surface area contributed by atoms with Crippen molar-refractivity contribution >= 4 is 11.9 Å². The average Bonchev–Trinajstić information content (AvgIpc) is 3.35. The molecule has 4 rings (SSSR count). The Morgan fingerprint density at radius 1 is 1.08 bits per heavy atom. The van der Waals surface area contributed by atoms with Crippen LogP contribution in [0.15, 0.2) is 53.1 Å². The van der Waals surface area contributed by atoms with Crippen molar-refractivity contribution in [3.8, 4) is 11.3 Å². The minimum atomic E-state index is -0.312. The highest BCUT2D eigenvalue weighted by atomic mass is 16.4. The first kappa shape index (κ1) is 16.4. The van der Waals surface area contributed by atoms with Crippen LogP contribution < -0.4 is 5.32 Å². The Labute approximate surface area is 151 Å². The second-order valence-electron chi connectivity index (χ2n) is 6.61. The molecule has 1 saturated carbocycles. The van der Waals surface area contributed by atoms with Crippen LogP contribution in [-0.2, 0) is 6.42 Å². The van der Waals surface area contributed by atoms with Crippen molar-refractivity contribution in [1.82, 2.24) is 15.2 Å². The predicted molar refractivity (Wildman–Crippen MR) is 97.6 cm³/mol. The summed E-state index contributed by atoms with van der Waals surface area (Å²) in [4.78, 5) is 16.7. The maximum atomic E-state index is 12.3. The Balaban J connectivity index is 1.39. The van der Waals surface area contributed by atoms with Gasteiger partial charge in [0.05, 0.1) is 11.3 Å². The van der Waals surface area contributed by atoms with Crippen LogP contribution in [0.25, 0.3) is 11.3 Å². The zero-order chi connectivity index (χ0) is 17.8. The first-order chi connectivity index (χ1) is 12.8. The maximum Gasteiger partial charge on any atom is 0.322 e. The van der Waals surface area contributed by atoms with E-state index in [1.54, 1.807) is 12.3 Å². The highest BCUT2D eigenvalue weighted by molar-refractivity contribution is 6.03. The van der Waals surface area contributed by atoms with Gasteiger partial charge in [0.2, 0.25) is 5.89 Å². The SMILES string of the molecule is O=C(Nc1nnc(CC2CCCC2)o1)c1ccc(-c2ccccc2)nc1. The highest BCUT2D eigenvalue weighted by Crippen LogP contribution is 2.28. The molecule has 1 amide bonds. The second kappa shape index (κ2) is 7.47. The van der Waals surface area contributed by atoms with Crippen molar-refractivity contribution in [2.75, 3.05) is 5.32 Å². The summed E-state index contributed by atoms with van der Waals surface area (Å²) in [7, 11) is 0. The van der Waals surface area contributed by atoms with Crippen LogP contribution >= 0.6 is 0 Å². The molecular formula is C20H20N4O2. The number of amides is 1. The van der Waals surface area contributed by atoms with Crippen LogP contribution in [0.3, 0.4) is 0 Å². The number of pyridine rings is 1. The molecule has 0 spiro atoms. The van der Waals surface area contributed by atoms with Gasteiger partial charge in [0.1, 0.15) is 0 Å². The van der Waals surface area contributed by atoms with E-state index >= 15 is 0 Å². The smallest absolute Gasteiger partial charge is 0.322 e. The first-order valence-electron chi connectivity index (χ1n) is 8.93. The molecule has 0 unspecified atom stereocenters. The van der Waals surface area contributed by atoms with Gasteiger partial charge in [0.25, 0.3) is 5.91 Å². The molecule has 2 heterocycles. The quantitative estimate of drug-likeness (QED) is 0.750. The highest BCUT2D eigenvalue weighted by Gasteiger charge is 2.19. The van der Waals surface area contributed by atoms with E-state index in [2.05, 4.69) is 20.5 Å². The van der Waals surface area contributed by atoms with Gasteiger partial charge in [-0.1, -0.05) is 48.3 Å². The molecule has 1 fully saturated rings. The number of carbonyl (C=O) groups excluding carboxylic acids is 1. The molecule has 0 radical (unpaired) electrons. The Kier molecular flexibility index (Phi) is 4.73. The summed E-state index contributed by atoms with van der Waals surface area (Å²) in [6, 6.07) is 13.5. The van der Waals surface area contributed by atoms with E-state index in [-0.39, 0.29) is 11.9 Å². The number of rotatable bonds is 5. The van der Waals surface area contributed by atoms with Gasteiger partial charge < -0.3 is 4.42 Å². The summed E-state index contributed by atoms with van der Waals surface area (Å²) in [5.74, 6) is 0.895. The Morgan fingerprint density at radius 3 is 2.62 bits per heavy atom. The Bertz CT molecular complexity index is 868. The van der Waals surface area contributed by atoms with E-state index in [4.69, 9.17) is 4.42 Å². The fourth-order valence-electron chi connectivity index (χ4n) is 3.33. The molecule has 2 aromatic heterocycles. The summed E-state index contributed by atoms with van der Waals surface area (Å²) >= 11 is 0. The van der Waals surface area contributed by atoms with E-state index in [0.29, 0.717) is 17.4 Å². The Morgan fingerprint density at radius 2 is 1.88 bits per heavy atom. The van der Waals surface area contributed by atoms with E-state index < -0.39 is 0 Å². The lowest BCUT2D eigenvalue weighted by atomic mass is 10.0. The summed E-state index contributed by atoms with van der Waals surface area (Å²) in [6.45, 7) is 0. The fraction of sp³-hybridized carbons (Fsp3) is 0.300. The van der Waals surface area contributed by atoms with Crippen LogP contribution in [0.2, 0.25) is 0 Å². The third kappa shape index (κ3) is 3.79. The van der Waals surface area contributed by atoms with E-state index in [1.807, 2.05) is 36.4 Å². The van der Waals surface area contributed by atoms with Crippen LogP contribution in [0, 0.1) is 5.92 Å². The lowest BCUT2D eigenvalue weighted by molar-refractivity contribution is 0.102. The monoisotopic (exact) mass is 348 g/mol. The Hall–Kier alpha value is -3.02.